The maximum atomic E-state index is 13.3. The molecule has 2 heterocycles. The summed E-state index contributed by atoms with van der Waals surface area (Å²) in [5, 5.41) is 0. The minimum Gasteiger partial charge on any atom is -0.426 e. The van der Waals surface area contributed by atoms with Gasteiger partial charge in [0, 0.05) is 41.0 Å². The first-order chi connectivity index (χ1) is 18.0. The van der Waals surface area contributed by atoms with E-state index in [0.717, 1.165) is 9.37 Å². The highest BCUT2D eigenvalue weighted by atomic mass is 79.9. The molecule has 2 aliphatic heterocycles. The zero-order valence-electron chi connectivity index (χ0n) is 19.4. The molecular formula is C26H15Br5N2O5. The van der Waals surface area contributed by atoms with Crippen molar-refractivity contribution in [3.63, 3.8) is 0 Å². The first-order valence-corrected chi connectivity index (χ1v) is 15.1. The molecular weight excluding hydrogens is 820 g/mol. The normalized spacial score (nSPS) is 16.9. The second kappa shape index (κ2) is 10.6. The SMILES string of the molecule is Cc1cc(OC(=O)[C@H]2CC(=O)N(c3ccc(Br)cc3)C2)ccc1N1C(=O)c2c(Br)c(Br)c(Br)c(Br)c2C1=O. The molecule has 0 aliphatic carbocycles. The molecule has 0 unspecified atom stereocenters. The van der Waals surface area contributed by atoms with Gasteiger partial charge in [0.2, 0.25) is 5.91 Å². The van der Waals surface area contributed by atoms with Crippen LogP contribution in [0.3, 0.4) is 0 Å². The minimum atomic E-state index is -0.617. The maximum Gasteiger partial charge on any atom is 0.316 e. The monoisotopic (exact) mass is 830 g/mol. The molecule has 0 N–H and O–H groups in total. The van der Waals surface area contributed by atoms with Gasteiger partial charge in [0.25, 0.3) is 11.8 Å². The summed E-state index contributed by atoms with van der Waals surface area (Å²) in [7, 11) is 0. The number of carbonyl (C=O) groups is 4. The van der Waals surface area contributed by atoms with Crippen molar-refractivity contribution in [1.29, 1.82) is 0 Å². The van der Waals surface area contributed by atoms with Gasteiger partial charge in [-0.3, -0.25) is 19.2 Å². The Kier molecular flexibility index (Phi) is 7.73. The van der Waals surface area contributed by atoms with Crippen LogP contribution >= 0.6 is 79.6 Å². The van der Waals surface area contributed by atoms with Crippen LogP contribution in [-0.4, -0.2) is 30.2 Å². The summed E-state index contributed by atoms with van der Waals surface area (Å²) >= 11 is 17.1. The zero-order valence-corrected chi connectivity index (χ0v) is 27.3. The van der Waals surface area contributed by atoms with Crippen molar-refractivity contribution in [3.05, 3.63) is 81.5 Å². The van der Waals surface area contributed by atoms with Crippen LogP contribution in [0.15, 0.2) is 64.8 Å². The van der Waals surface area contributed by atoms with Gasteiger partial charge in [-0.1, -0.05) is 15.9 Å². The second-order valence-corrected chi connectivity index (χ2v) is 12.8. The summed E-state index contributed by atoms with van der Waals surface area (Å²) < 4.78 is 8.63. The molecule has 3 aromatic rings. The Balaban J connectivity index is 1.35. The van der Waals surface area contributed by atoms with Crippen LogP contribution in [-0.2, 0) is 9.59 Å². The lowest BCUT2D eigenvalue weighted by atomic mass is 10.1. The van der Waals surface area contributed by atoms with Crippen molar-refractivity contribution in [2.45, 2.75) is 13.3 Å². The van der Waals surface area contributed by atoms with Crippen LogP contribution in [0.1, 0.15) is 32.7 Å². The Morgan fingerprint density at radius 2 is 1.42 bits per heavy atom. The van der Waals surface area contributed by atoms with Crippen molar-refractivity contribution in [2.24, 2.45) is 5.92 Å². The smallest absolute Gasteiger partial charge is 0.316 e. The van der Waals surface area contributed by atoms with Gasteiger partial charge in [0.1, 0.15) is 5.75 Å². The molecule has 0 spiro atoms. The summed E-state index contributed by atoms with van der Waals surface area (Å²) in [6.45, 7) is 1.95. The Morgan fingerprint density at radius 3 is 1.97 bits per heavy atom. The zero-order chi connectivity index (χ0) is 27.5. The lowest BCUT2D eigenvalue weighted by Gasteiger charge is -2.18. The van der Waals surface area contributed by atoms with Gasteiger partial charge in [-0.15, -0.1) is 0 Å². The Morgan fingerprint density at radius 1 is 0.842 bits per heavy atom. The highest BCUT2D eigenvalue weighted by Crippen LogP contribution is 2.46. The van der Waals surface area contributed by atoms with Crippen LogP contribution in [0.5, 0.6) is 5.75 Å². The number of rotatable bonds is 4. The number of nitrogens with zero attached hydrogens (tertiary/aromatic N) is 2. The summed E-state index contributed by atoms with van der Waals surface area (Å²) in [6.07, 6.45) is 0.0515. The van der Waals surface area contributed by atoms with Crippen molar-refractivity contribution in [2.75, 3.05) is 16.3 Å². The van der Waals surface area contributed by atoms with Crippen molar-refractivity contribution < 1.29 is 23.9 Å². The number of amides is 3. The van der Waals surface area contributed by atoms with E-state index in [1.807, 2.05) is 24.3 Å². The molecule has 3 aromatic carbocycles. The molecule has 12 heteroatoms. The van der Waals surface area contributed by atoms with E-state index in [0.29, 0.717) is 34.8 Å². The summed E-state index contributed by atoms with van der Waals surface area (Å²) in [5.41, 5.74) is 2.14. The third kappa shape index (κ3) is 4.72. The number of anilines is 2. The summed E-state index contributed by atoms with van der Waals surface area (Å²) in [6, 6.07) is 12.0. The molecule has 194 valence electrons. The third-order valence-electron chi connectivity index (χ3n) is 6.33. The van der Waals surface area contributed by atoms with E-state index in [4.69, 9.17) is 4.74 Å². The summed E-state index contributed by atoms with van der Waals surface area (Å²) in [4.78, 5) is 54.8. The molecule has 1 atom stereocenters. The van der Waals surface area contributed by atoms with Gasteiger partial charge in [0.15, 0.2) is 0 Å². The van der Waals surface area contributed by atoms with Crippen molar-refractivity contribution >= 4 is 115 Å². The van der Waals surface area contributed by atoms with Gasteiger partial charge in [-0.05, 0) is 119 Å². The van der Waals surface area contributed by atoms with E-state index in [1.165, 1.54) is 6.07 Å². The van der Waals surface area contributed by atoms with E-state index < -0.39 is 23.7 Å². The van der Waals surface area contributed by atoms with Crippen LogP contribution in [0, 0.1) is 12.8 Å². The number of benzene rings is 3. The molecule has 7 nitrogen and oxygen atoms in total. The van der Waals surface area contributed by atoms with Gasteiger partial charge >= 0.3 is 5.97 Å². The second-order valence-electron chi connectivity index (χ2n) is 8.70. The van der Waals surface area contributed by atoms with Gasteiger partial charge in [-0.2, -0.15) is 0 Å². The van der Waals surface area contributed by atoms with E-state index in [1.54, 1.807) is 24.0 Å². The number of aryl methyl sites for hydroxylation is 1. The number of carbonyl (C=O) groups excluding carboxylic acids is 4. The van der Waals surface area contributed by atoms with Crippen LogP contribution in [0.2, 0.25) is 0 Å². The molecule has 1 saturated heterocycles. The number of fused-ring (bicyclic) bond motifs is 1. The van der Waals surface area contributed by atoms with E-state index >= 15 is 0 Å². The molecule has 0 bridgehead atoms. The minimum absolute atomic E-state index is 0.0515. The van der Waals surface area contributed by atoms with E-state index in [-0.39, 0.29) is 35.7 Å². The number of ether oxygens (including phenoxy) is 1. The van der Waals surface area contributed by atoms with Gasteiger partial charge in [0.05, 0.1) is 22.7 Å². The number of hydrogen-bond donors (Lipinski definition) is 0. The average Bonchev–Trinajstić information content (AvgIpc) is 3.39. The Bertz CT molecular complexity index is 1510. The van der Waals surface area contributed by atoms with E-state index in [2.05, 4.69) is 79.6 Å². The largest absolute Gasteiger partial charge is 0.426 e. The summed E-state index contributed by atoms with van der Waals surface area (Å²) in [5.74, 6) is -1.98. The van der Waals surface area contributed by atoms with Gasteiger partial charge < -0.3 is 9.64 Å². The van der Waals surface area contributed by atoms with E-state index in [9.17, 15) is 19.2 Å². The number of halogens is 5. The fourth-order valence-electron chi connectivity index (χ4n) is 4.45. The fraction of sp³-hybridized carbons (Fsp3) is 0.154. The van der Waals surface area contributed by atoms with Crippen LogP contribution in [0.4, 0.5) is 11.4 Å². The molecule has 5 rings (SSSR count). The standard InChI is InChI=1S/C26H15Br5N2O5/c1-11-8-15(38-26(37)12-9-17(34)32(10-12)14-4-2-13(27)3-5-14)6-7-16(11)33-24(35)18-19(25(33)36)21(29)23(31)22(30)20(18)28/h2-8,12H,9-10H2,1H3/t12-/m0/s1. The predicted molar refractivity (Wildman–Crippen MR) is 160 cm³/mol. The highest BCUT2D eigenvalue weighted by molar-refractivity contribution is 9.15. The molecule has 0 saturated carbocycles. The number of hydrogen-bond acceptors (Lipinski definition) is 5. The van der Waals surface area contributed by atoms with Crippen LogP contribution in [0.25, 0.3) is 0 Å². The first-order valence-electron chi connectivity index (χ1n) is 11.1. The number of imide groups is 1. The molecule has 2 aliphatic rings. The lowest BCUT2D eigenvalue weighted by molar-refractivity contribution is -0.139. The molecule has 0 radical (unpaired) electrons. The van der Waals surface area contributed by atoms with Crippen LogP contribution < -0.4 is 14.5 Å². The maximum absolute atomic E-state index is 13.3. The average molecular weight is 835 g/mol. The van der Waals surface area contributed by atoms with Gasteiger partial charge in [-0.25, -0.2) is 4.90 Å². The molecule has 38 heavy (non-hydrogen) atoms. The Labute approximate surface area is 259 Å². The van der Waals surface area contributed by atoms with Crippen molar-refractivity contribution in [1.82, 2.24) is 0 Å². The lowest BCUT2D eigenvalue weighted by Crippen LogP contribution is -2.30. The Hall–Kier alpha value is -1.86. The third-order valence-corrected chi connectivity index (χ3v) is 11.6. The number of esters is 1. The first kappa shape index (κ1) is 27.7. The topological polar surface area (TPSA) is 84.0 Å². The predicted octanol–water partition coefficient (Wildman–Crippen LogP) is 7.57. The quantitative estimate of drug-likeness (QED) is 0.0892. The highest BCUT2D eigenvalue weighted by Gasteiger charge is 2.42. The van der Waals surface area contributed by atoms with Crippen molar-refractivity contribution in [3.8, 4) is 5.75 Å². The molecule has 3 amide bonds. The molecule has 0 aromatic heterocycles. The molecule has 1 fully saturated rings. The fourth-order valence-corrected chi connectivity index (χ4v) is 7.17.